The average molecular weight is 483 g/mol. The van der Waals surface area contributed by atoms with Crippen LogP contribution in [0, 0.1) is 11.6 Å². The molecule has 1 heterocycles. The number of benzene rings is 2. The lowest BCUT2D eigenvalue weighted by Gasteiger charge is -2.29. The van der Waals surface area contributed by atoms with E-state index in [0.29, 0.717) is 24.8 Å². The first kappa shape index (κ1) is 24.1. The zero-order chi connectivity index (χ0) is 25.3. The molecule has 8 nitrogen and oxygen atoms in total. The standard InChI is InChI=1S/C25H23F2N3O5/c1-29-12-11-21(31)30(25(29)35)20-10-3-6-15-14(5-2-7-16(15)20)13-19(24(33)34)28-23(32)22-17(26)8-4-9-18(22)27/h2,4-5,7-9,11-12,19-20H,3,6,10,13H2,1H3,(H,28,32)(H,33,34)/t19-,20+/m0/s1. The van der Waals surface area contributed by atoms with E-state index < -0.39 is 52.4 Å². The van der Waals surface area contributed by atoms with Crippen LogP contribution in [0.4, 0.5) is 8.78 Å². The van der Waals surface area contributed by atoms with Gasteiger partial charge in [-0.2, -0.15) is 0 Å². The smallest absolute Gasteiger partial charge is 0.331 e. The summed E-state index contributed by atoms with van der Waals surface area (Å²) < 4.78 is 30.5. The minimum atomic E-state index is -1.46. The quantitative estimate of drug-likeness (QED) is 0.559. The maximum absolute atomic E-state index is 14.0. The highest BCUT2D eigenvalue weighted by atomic mass is 19.1. The number of nitrogens with zero attached hydrogens (tertiary/aromatic N) is 2. The molecule has 0 fully saturated rings. The van der Waals surface area contributed by atoms with Gasteiger partial charge in [-0.3, -0.25) is 14.2 Å². The maximum atomic E-state index is 14.0. The van der Waals surface area contributed by atoms with Crippen molar-refractivity contribution in [2.75, 3.05) is 0 Å². The summed E-state index contributed by atoms with van der Waals surface area (Å²) >= 11 is 0. The van der Waals surface area contributed by atoms with Gasteiger partial charge in [-0.15, -0.1) is 0 Å². The largest absolute Gasteiger partial charge is 0.480 e. The Kier molecular flexibility index (Phi) is 6.63. The highest BCUT2D eigenvalue weighted by Crippen LogP contribution is 2.33. The first-order chi connectivity index (χ1) is 16.7. The summed E-state index contributed by atoms with van der Waals surface area (Å²) in [6.45, 7) is 0. The van der Waals surface area contributed by atoms with Crippen LogP contribution in [0.2, 0.25) is 0 Å². The van der Waals surface area contributed by atoms with E-state index >= 15 is 0 Å². The molecule has 35 heavy (non-hydrogen) atoms. The Labute approximate surface area is 198 Å². The van der Waals surface area contributed by atoms with Crippen molar-refractivity contribution in [2.45, 2.75) is 37.8 Å². The number of carbonyl (C=O) groups is 2. The number of hydrogen-bond acceptors (Lipinski definition) is 4. The van der Waals surface area contributed by atoms with Crippen molar-refractivity contribution >= 4 is 11.9 Å². The average Bonchev–Trinajstić information content (AvgIpc) is 2.81. The number of aryl methyl sites for hydroxylation is 1. The van der Waals surface area contributed by atoms with Crippen molar-refractivity contribution in [2.24, 2.45) is 7.05 Å². The van der Waals surface area contributed by atoms with Crippen LogP contribution in [-0.4, -0.2) is 32.2 Å². The maximum Gasteiger partial charge on any atom is 0.331 e. The van der Waals surface area contributed by atoms with Gasteiger partial charge in [-0.05, 0) is 48.1 Å². The number of amides is 1. The Bertz CT molecular complexity index is 1410. The molecule has 182 valence electrons. The summed E-state index contributed by atoms with van der Waals surface area (Å²) in [6, 6.07) is 7.48. The number of aliphatic carboxylic acids is 1. The molecule has 0 spiro atoms. The highest BCUT2D eigenvalue weighted by Gasteiger charge is 2.29. The lowest BCUT2D eigenvalue weighted by molar-refractivity contribution is -0.139. The van der Waals surface area contributed by atoms with Crippen LogP contribution in [0.15, 0.2) is 58.3 Å². The van der Waals surface area contributed by atoms with Gasteiger partial charge in [-0.1, -0.05) is 24.3 Å². The minimum absolute atomic E-state index is 0.144. The lowest BCUT2D eigenvalue weighted by atomic mass is 9.83. The molecule has 0 bridgehead atoms. The molecule has 0 saturated carbocycles. The third-order valence-electron chi connectivity index (χ3n) is 6.29. The molecule has 0 saturated heterocycles. The second-order valence-electron chi connectivity index (χ2n) is 8.48. The van der Waals surface area contributed by atoms with Gasteiger partial charge in [-0.25, -0.2) is 18.4 Å². The zero-order valence-corrected chi connectivity index (χ0v) is 18.8. The summed E-state index contributed by atoms with van der Waals surface area (Å²) in [6.07, 6.45) is 3.06. The van der Waals surface area contributed by atoms with Gasteiger partial charge in [0, 0.05) is 25.7 Å². The molecule has 1 aliphatic carbocycles. The summed E-state index contributed by atoms with van der Waals surface area (Å²) in [4.78, 5) is 49.7. The van der Waals surface area contributed by atoms with E-state index in [9.17, 15) is 33.1 Å². The minimum Gasteiger partial charge on any atom is -0.480 e. The van der Waals surface area contributed by atoms with E-state index in [4.69, 9.17) is 0 Å². The van der Waals surface area contributed by atoms with Gasteiger partial charge in [0.25, 0.3) is 11.5 Å². The number of carbonyl (C=O) groups excluding carboxylic acids is 1. The normalized spacial score (nSPS) is 15.8. The number of rotatable bonds is 6. The van der Waals surface area contributed by atoms with Gasteiger partial charge in [0.05, 0.1) is 6.04 Å². The summed E-state index contributed by atoms with van der Waals surface area (Å²) in [5, 5.41) is 11.9. The van der Waals surface area contributed by atoms with Crippen LogP contribution in [-0.2, 0) is 24.7 Å². The summed E-state index contributed by atoms with van der Waals surface area (Å²) in [7, 11) is 1.55. The van der Waals surface area contributed by atoms with Crippen molar-refractivity contribution in [3.8, 4) is 0 Å². The fraction of sp³-hybridized carbons (Fsp3) is 0.280. The van der Waals surface area contributed by atoms with Gasteiger partial charge < -0.3 is 15.0 Å². The molecule has 0 radical (unpaired) electrons. The molecule has 2 atom stereocenters. The molecule has 4 rings (SSSR count). The number of fused-ring (bicyclic) bond motifs is 1. The van der Waals surface area contributed by atoms with Crippen molar-refractivity contribution in [1.82, 2.24) is 14.5 Å². The Morgan fingerprint density at radius 3 is 2.49 bits per heavy atom. The molecule has 1 aliphatic rings. The van der Waals surface area contributed by atoms with Crippen LogP contribution < -0.4 is 16.6 Å². The Balaban J connectivity index is 1.68. The molecule has 0 unspecified atom stereocenters. The number of carboxylic acids is 1. The van der Waals surface area contributed by atoms with E-state index in [0.717, 1.165) is 29.3 Å². The van der Waals surface area contributed by atoms with Gasteiger partial charge in [0.2, 0.25) is 0 Å². The Morgan fingerprint density at radius 2 is 1.80 bits per heavy atom. The monoisotopic (exact) mass is 483 g/mol. The van der Waals surface area contributed by atoms with Gasteiger partial charge >= 0.3 is 11.7 Å². The third kappa shape index (κ3) is 4.64. The van der Waals surface area contributed by atoms with Crippen LogP contribution in [0.1, 0.15) is 45.9 Å². The number of aromatic nitrogens is 2. The van der Waals surface area contributed by atoms with Crippen LogP contribution in [0.5, 0.6) is 0 Å². The molecule has 2 N–H and O–H groups in total. The van der Waals surface area contributed by atoms with Crippen molar-refractivity contribution in [3.63, 3.8) is 0 Å². The van der Waals surface area contributed by atoms with E-state index in [-0.39, 0.29) is 6.42 Å². The predicted molar refractivity (Wildman–Crippen MR) is 122 cm³/mol. The van der Waals surface area contributed by atoms with E-state index in [1.165, 1.54) is 21.4 Å². The summed E-state index contributed by atoms with van der Waals surface area (Å²) in [5.74, 6) is -4.73. The predicted octanol–water partition coefficient (Wildman–Crippen LogP) is 2.18. The third-order valence-corrected chi connectivity index (χ3v) is 6.29. The molecular weight excluding hydrogens is 460 g/mol. The van der Waals surface area contributed by atoms with Gasteiger partial charge in [0.15, 0.2) is 0 Å². The number of carboxylic acid groups (broad SMARTS) is 1. The fourth-order valence-corrected chi connectivity index (χ4v) is 4.59. The van der Waals surface area contributed by atoms with Crippen molar-refractivity contribution in [1.29, 1.82) is 0 Å². The first-order valence-corrected chi connectivity index (χ1v) is 11.1. The number of nitrogens with one attached hydrogen (secondary N) is 1. The Morgan fingerprint density at radius 1 is 1.11 bits per heavy atom. The molecule has 1 aromatic heterocycles. The van der Waals surface area contributed by atoms with Crippen LogP contribution >= 0.6 is 0 Å². The number of halogens is 2. The number of hydrogen-bond donors (Lipinski definition) is 2. The van der Waals surface area contributed by atoms with Crippen molar-refractivity contribution in [3.05, 3.63) is 103 Å². The van der Waals surface area contributed by atoms with E-state index in [2.05, 4.69) is 5.32 Å². The second kappa shape index (κ2) is 9.65. The molecular formula is C25H23F2N3O5. The van der Waals surface area contributed by atoms with E-state index in [1.807, 2.05) is 0 Å². The van der Waals surface area contributed by atoms with Crippen molar-refractivity contribution < 1.29 is 23.5 Å². The summed E-state index contributed by atoms with van der Waals surface area (Å²) in [5.41, 5.74) is 0.388. The fourth-order valence-electron chi connectivity index (χ4n) is 4.59. The Hall–Kier alpha value is -4.08. The lowest BCUT2D eigenvalue weighted by Crippen LogP contribution is -2.43. The molecule has 1 amide bonds. The SMILES string of the molecule is Cn1ccc(=O)n([C@@H]2CCCc3c(C[C@H](NC(=O)c4c(F)cccc4F)C(=O)O)cccc32)c1=O. The first-order valence-electron chi connectivity index (χ1n) is 11.1. The second-order valence-corrected chi connectivity index (χ2v) is 8.48. The zero-order valence-electron chi connectivity index (χ0n) is 18.8. The molecule has 10 heteroatoms. The van der Waals surface area contributed by atoms with Crippen LogP contribution in [0.25, 0.3) is 0 Å². The molecule has 3 aromatic rings. The van der Waals surface area contributed by atoms with Crippen LogP contribution in [0.3, 0.4) is 0 Å². The molecule has 2 aromatic carbocycles. The van der Waals surface area contributed by atoms with E-state index in [1.54, 1.807) is 25.2 Å². The van der Waals surface area contributed by atoms with Gasteiger partial charge in [0.1, 0.15) is 23.2 Å². The topological polar surface area (TPSA) is 110 Å². The molecule has 0 aliphatic heterocycles. The highest BCUT2D eigenvalue weighted by molar-refractivity contribution is 5.97.